The Kier molecular flexibility index (Phi) is 10.8. The molecular weight excluding hydrogens is 652 g/mol. The number of carboxylic acid groups (broad SMARTS) is 4. The third kappa shape index (κ3) is 7.21. The quantitative estimate of drug-likeness (QED) is 0.120. The Morgan fingerprint density at radius 1 is 0.702 bits per heavy atom. The third-order valence-electron chi connectivity index (χ3n) is 7.38. The minimum Gasteiger partial charge on any atom is -0.477 e. The number of carboxylic acids is 4. The largest absolute Gasteiger partial charge is 0.477 e. The summed E-state index contributed by atoms with van der Waals surface area (Å²) in [6.45, 7) is 7.16. The van der Waals surface area contributed by atoms with Crippen molar-refractivity contribution in [3.8, 4) is 0 Å². The summed E-state index contributed by atoms with van der Waals surface area (Å²) in [6, 6.07) is 7.93. The van der Waals surface area contributed by atoms with Crippen LogP contribution in [0.3, 0.4) is 0 Å². The maximum Gasteiger partial charge on any atom is 0.344 e. The molecule has 6 rings (SSSR count). The van der Waals surface area contributed by atoms with Gasteiger partial charge in [-0.3, -0.25) is 9.98 Å². The Morgan fingerprint density at radius 3 is 1.38 bits per heavy atom. The molecule has 0 saturated carbocycles. The number of aliphatic imine (C=N–C) groups is 2. The SMILES string of the molecule is CCc1cc2c(cc1NC=C(C(=O)O)C(=O)O)N1CCN=C1S2.CCc1cc2c(cc1NC=C(C(=O)O)C(=O)O)N1CCN=C1S2.O. The summed E-state index contributed by atoms with van der Waals surface area (Å²) in [5, 5.41) is 43.3. The molecule has 0 atom stereocenters. The molecule has 0 spiro atoms. The maximum atomic E-state index is 10.9. The molecular formula is C30H32N6O9S2. The molecule has 0 radical (unpaired) electrons. The minimum atomic E-state index is -1.48. The summed E-state index contributed by atoms with van der Waals surface area (Å²) in [6.07, 6.45) is 3.52. The van der Waals surface area contributed by atoms with Crippen molar-refractivity contribution in [1.29, 1.82) is 0 Å². The van der Waals surface area contributed by atoms with Gasteiger partial charge in [-0.15, -0.1) is 0 Å². The van der Waals surface area contributed by atoms with E-state index in [1.165, 1.54) is 0 Å². The first-order valence-corrected chi connectivity index (χ1v) is 15.9. The lowest BCUT2D eigenvalue weighted by molar-refractivity contribution is -0.142. The zero-order chi connectivity index (χ0) is 33.1. The number of fused-ring (bicyclic) bond motifs is 6. The predicted molar refractivity (Wildman–Crippen MR) is 180 cm³/mol. The lowest BCUT2D eigenvalue weighted by Gasteiger charge is -2.16. The number of aryl methyl sites for hydroxylation is 2. The van der Waals surface area contributed by atoms with Crippen LogP contribution in [0.4, 0.5) is 22.7 Å². The molecule has 0 bridgehead atoms. The fourth-order valence-corrected chi connectivity index (χ4v) is 7.32. The Balaban J connectivity index is 0.000000208. The zero-order valence-electron chi connectivity index (χ0n) is 25.2. The number of hydrogen-bond donors (Lipinski definition) is 6. The van der Waals surface area contributed by atoms with E-state index in [0.29, 0.717) is 11.4 Å². The second-order valence-electron chi connectivity index (χ2n) is 10.1. The second-order valence-corrected chi connectivity index (χ2v) is 12.1. The molecule has 8 N–H and O–H groups in total. The van der Waals surface area contributed by atoms with E-state index in [0.717, 1.165) is 94.0 Å². The van der Waals surface area contributed by atoms with Gasteiger partial charge in [0.1, 0.15) is 0 Å². The highest BCUT2D eigenvalue weighted by Crippen LogP contribution is 2.45. The molecule has 2 aromatic carbocycles. The van der Waals surface area contributed by atoms with Crippen LogP contribution in [-0.4, -0.2) is 86.3 Å². The molecule has 0 aromatic heterocycles. The Morgan fingerprint density at radius 2 is 1.06 bits per heavy atom. The van der Waals surface area contributed by atoms with Gasteiger partial charge in [-0.05, 0) is 71.8 Å². The molecule has 4 heterocycles. The number of benzene rings is 2. The number of carbonyl (C=O) groups is 4. The summed E-state index contributed by atoms with van der Waals surface area (Å²) < 4.78 is 0. The summed E-state index contributed by atoms with van der Waals surface area (Å²) in [5.41, 5.74) is 4.03. The molecule has 248 valence electrons. The molecule has 4 aliphatic rings. The Hall–Kier alpha value is -5.00. The fraction of sp³-hybridized carbons (Fsp3) is 0.267. The standard InChI is InChI=1S/2C15H15N3O4S.H2O/c2*1-2-8-5-12-11(18-4-3-16-15(18)23-12)6-10(8)17-7-9(13(19)20)14(21)22;/h2*5-7,17H,2-4H2,1H3,(H,19,20)(H,21,22);1H2. The van der Waals surface area contributed by atoms with Gasteiger partial charge in [0.2, 0.25) is 0 Å². The lowest BCUT2D eigenvalue weighted by atomic mass is 10.1. The van der Waals surface area contributed by atoms with E-state index in [1.54, 1.807) is 23.5 Å². The summed E-state index contributed by atoms with van der Waals surface area (Å²) in [5.74, 6) is -5.91. The van der Waals surface area contributed by atoms with Crippen LogP contribution in [0.2, 0.25) is 0 Å². The van der Waals surface area contributed by atoms with Crippen molar-refractivity contribution in [2.75, 3.05) is 46.6 Å². The monoisotopic (exact) mass is 684 g/mol. The molecule has 17 heteroatoms. The second kappa shape index (κ2) is 14.6. The van der Waals surface area contributed by atoms with Gasteiger partial charge in [-0.1, -0.05) is 13.8 Å². The first-order chi connectivity index (χ1) is 22.0. The highest BCUT2D eigenvalue weighted by atomic mass is 32.2. The first kappa shape index (κ1) is 34.9. The van der Waals surface area contributed by atoms with Crippen molar-refractivity contribution >= 4 is 80.5 Å². The number of nitrogens with zero attached hydrogens (tertiary/aromatic N) is 4. The van der Waals surface area contributed by atoms with Crippen LogP contribution in [0.1, 0.15) is 25.0 Å². The third-order valence-corrected chi connectivity index (χ3v) is 9.54. The number of hydrogen-bond acceptors (Lipinski definition) is 12. The molecule has 0 amide bonds. The Bertz CT molecular complexity index is 1610. The highest BCUT2D eigenvalue weighted by molar-refractivity contribution is 8.15. The van der Waals surface area contributed by atoms with Crippen LogP contribution in [0, 0.1) is 0 Å². The molecule has 0 fully saturated rings. The lowest BCUT2D eigenvalue weighted by Crippen LogP contribution is -2.20. The van der Waals surface area contributed by atoms with Crippen molar-refractivity contribution in [2.45, 2.75) is 36.5 Å². The number of anilines is 4. The van der Waals surface area contributed by atoms with Gasteiger partial charge in [-0.2, -0.15) is 0 Å². The normalized spacial score (nSPS) is 14.5. The first-order valence-electron chi connectivity index (χ1n) is 14.2. The average molecular weight is 685 g/mol. The van der Waals surface area contributed by atoms with E-state index in [9.17, 15) is 19.2 Å². The van der Waals surface area contributed by atoms with Crippen molar-refractivity contribution in [3.05, 3.63) is 58.9 Å². The molecule has 0 aliphatic carbocycles. The van der Waals surface area contributed by atoms with E-state index in [4.69, 9.17) is 20.4 Å². The van der Waals surface area contributed by atoms with Gasteiger partial charge in [-0.25, -0.2) is 19.2 Å². The molecule has 2 aromatic rings. The molecule has 0 saturated heterocycles. The number of aliphatic carboxylic acids is 4. The van der Waals surface area contributed by atoms with E-state index in [1.807, 2.05) is 38.1 Å². The van der Waals surface area contributed by atoms with E-state index in [-0.39, 0.29) is 5.48 Å². The molecule has 0 unspecified atom stereocenters. The summed E-state index contributed by atoms with van der Waals surface area (Å²) in [7, 11) is 0. The number of thioether (sulfide) groups is 2. The molecule has 15 nitrogen and oxygen atoms in total. The molecule has 47 heavy (non-hydrogen) atoms. The van der Waals surface area contributed by atoms with Crippen LogP contribution in [-0.2, 0) is 32.0 Å². The van der Waals surface area contributed by atoms with Crippen LogP contribution in [0.5, 0.6) is 0 Å². The summed E-state index contributed by atoms with van der Waals surface area (Å²) in [4.78, 5) is 59.1. The van der Waals surface area contributed by atoms with Crippen molar-refractivity contribution in [2.24, 2.45) is 9.98 Å². The van der Waals surface area contributed by atoms with Crippen LogP contribution in [0.15, 0.2) is 67.6 Å². The average Bonchev–Trinajstić information content (AvgIpc) is 3.78. The van der Waals surface area contributed by atoms with Crippen molar-refractivity contribution in [1.82, 2.24) is 0 Å². The predicted octanol–water partition coefficient (Wildman–Crippen LogP) is 3.17. The number of rotatable bonds is 10. The zero-order valence-corrected chi connectivity index (χ0v) is 26.9. The number of amidine groups is 2. The van der Waals surface area contributed by atoms with Crippen LogP contribution in [0.25, 0.3) is 0 Å². The molecule has 4 aliphatic heterocycles. The van der Waals surface area contributed by atoms with E-state index < -0.39 is 35.0 Å². The smallest absolute Gasteiger partial charge is 0.344 e. The number of nitrogens with one attached hydrogen (secondary N) is 2. The Labute approximate surface area is 277 Å². The highest BCUT2D eigenvalue weighted by Gasteiger charge is 2.32. The van der Waals surface area contributed by atoms with Crippen molar-refractivity contribution in [3.63, 3.8) is 0 Å². The van der Waals surface area contributed by atoms with Crippen LogP contribution >= 0.6 is 23.5 Å². The van der Waals surface area contributed by atoms with Gasteiger partial charge in [0.25, 0.3) is 0 Å². The van der Waals surface area contributed by atoms with E-state index >= 15 is 0 Å². The topological polar surface area (TPSA) is 236 Å². The minimum absolute atomic E-state index is 0. The van der Waals surface area contributed by atoms with Crippen LogP contribution < -0.4 is 20.4 Å². The van der Waals surface area contributed by atoms with Gasteiger partial charge >= 0.3 is 23.9 Å². The van der Waals surface area contributed by atoms with Gasteiger partial charge < -0.3 is 46.3 Å². The fourth-order valence-electron chi connectivity index (χ4n) is 5.06. The van der Waals surface area contributed by atoms with Gasteiger partial charge in [0, 0.05) is 46.7 Å². The summed E-state index contributed by atoms with van der Waals surface area (Å²) >= 11 is 3.25. The van der Waals surface area contributed by atoms with E-state index in [2.05, 4.69) is 30.4 Å². The maximum absolute atomic E-state index is 10.9. The van der Waals surface area contributed by atoms with Gasteiger partial charge in [0.15, 0.2) is 21.5 Å². The van der Waals surface area contributed by atoms with Crippen molar-refractivity contribution < 1.29 is 45.1 Å². The van der Waals surface area contributed by atoms with Gasteiger partial charge in [0.05, 0.1) is 24.5 Å².